The first-order valence-electron chi connectivity index (χ1n) is 8.45. The predicted octanol–water partition coefficient (Wildman–Crippen LogP) is 2.54. The number of anilines is 1. The SMILES string of the molecule is CC[C@@H]1C(=O)NCCN1c1ccc(C(=O)c2ccccc2)cc1[N+](=O)[O-]. The molecular formula is C19H19N3O4. The van der Waals surface area contributed by atoms with Crippen LogP contribution in [0, 0.1) is 10.1 Å². The van der Waals surface area contributed by atoms with Gasteiger partial charge in [0.05, 0.1) is 4.92 Å². The number of nitrogens with one attached hydrogen (secondary N) is 1. The molecule has 0 unspecified atom stereocenters. The Kier molecular flexibility index (Phi) is 4.97. The molecule has 7 nitrogen and oxygen atoms in total. The molecular weight excluding hydrogens is 334 g/mol. The van der Waals surface area contributed by atoms with E-state index < -0.39 is 11.0 Å². The average Bonchev–Trinajstić information content (AvgIpc) is 2.67. The van der Waals surface area contributed by atoms with Gasteiger partial charge < -0.3 is 10.2 Å². The lowest BCUT2D eigenvalue weighted by molar-refractivity contribution is -0.384. The van der Waals surface area contributed by atoms with Crippen molar-refractivity contribution in [3.05, 3.63) is 69.8 Å². The lowest BCUT2D eigenvalue weighted by atomic mass is 10.0. The van der Waals surface area contributed by atoms with E-state index in [-0.39, 0.29) is 22.9 Å². The third-order valence-corrected chi connectivity index (χ3v) is 4.50. The molecule has 0 aliphatic carbocycles. The van der Waals surface area contributed by atoms with Crippen molar-refractivity contribution in [2.75, 3.05) is 18.0 Å². The summed E-state index contributed by atoms with van der Waals surface area (Å²) in [5.41, 5.74) is 0.917. The van der Waals surface area contributed by atoms with Gasteiger partial charge in [0.1, 0.15) is 11.7 Å². The highest BCUT2D eigenvalue weighted by molar-refractivity contribution is 6.09. The van der Waals surface area contributed by atoms with E-state index in [1.54, 1.807) is 47.4 Å². The van der Waals surface area contributed by atoms with Crippen LogP contribution in [0.15, 0.2) is 48.5 Å². The minimum Gasteiger partial charge on any atom is -0.353 e. The van der Waals surface area contributed by atoms with Crippen LogP contribution in [-0.2, 0) is 4.79 Å². The summed E-state index contributed by atoms with van der Waals surface area (Å²) in [6.07, 6.45) is 0.535. The molecule has 1 aliphatic heterocycles. The number of benzene rings is 2. The highest BCUT2D eigenvalue weighted by Gasteiger charge is 2.32. The second kappa shape index (κ2) is 7.35. The van der Waals surface area contributed by atoms with E-state index in [0.717, 1.165) is 0 Å². The van der Waals surface area contributed by atoms with Crippen molar-refractivity contribution in [1.29, 1.82) is 0 Å². The summed E-state index contributed by atoms with van der Waals surface area (Å²) in [4.78, 5) is 37.5. The van der Waals surface area contributed by atoms with E-state index in [1.807, 2.05) is 6.92 Å². The predicted molar refractivity (Wildman–Crippen MR) is 97.4 cm³/mol. The largest absolute Gasteiger partial charge is 0.353 e. The van der Waals surface area contributed by atoms with E-state index in [9.17, 15) is 19.7 Å². The molecule has 0 aromatic heterocycles. The smallest absolute Gasteiger partial charge is 0.293 e. The summed E-state index contributed by atoms with van der Waals surface area (Å²) in [5.74, 6) is -0.416. The molecule has 0 radical (unpaired) electrons. The molecule has 0 spiro atoms. The van der Waals surface area contributed by atoms with E-state index in [2.05, 4.69) is 5.32 Å². The maximum absolute atomic E-state index is 12.6. The number of amides is 1. The van der Waals surface area contributed by atoms with Crippen LogP contribution in [0.1, 0.15) is 29.3 Å². The van der Waals surface area contributed by atoms with Crippen LogP contribution in [0.4, 0.5) is 11.4 Å². The van der Waals surface area contributed by atoms with Crippen molar-refractivity contribution < 1.29 is 14.5 Å². The molecule has 1 aliphatic rings. The Morgan fingerprint density at radius 2 is 1.96 bits per heavy atom. The first-order chi connectivity index (χ1) is 12.5. The fraction of sp³-hybridized carbons (Fsp3) is 0.263. The van der Waals surface area contributed by atoms with Gasteiger partial charge in [-0.2, -0.15) is 0 Å². The standard InChI is InChI=1S/C19H19N3O4/c1-2-15-19(24)20-10-11-21(15)16-9-8-14(12-17(16)22(25)26)18(23)13-6-4-3-5-7-13/h3-9,12,15H,2,10-11H2,1H3,(H,20,24)/t15-/m1/s1. The number of ketones is 1. The minimum atomic E-state index is -0.504. The number of nitro benzene ring substituents is 1. The Hall–Kier alpha value is -3.22. The highest BCUT2D eigenvalue weighted by atomic mass is 16.6. The molecule has 1 heterocycles. The second-order valence-corrected chi connectivity index (χ2v) is 6.06. The van der Waals surface area contributed by atoms with Gasteiger partial charge in [-0.05, 0) is 18.6 Å². The van der Waals surface area contributed by atoms with Gasteiger partial charge in [0.15, 0.2) is 5.78 Å². The van der Waals surface area contributed by atoms with Crippen molar-refractivity contribution in [1.82, 2.24) is 5.32 Å². The molecule has 0 saturated carbocycles. The highest BCUT2D eigenvalue weighted by Crippen LogP contribution is 2.32. The number of nitro groups is 1. The molecule has 0 bridgehead atoms. The zero-order valence-electron chi connectivity index (χ0n) is 14.3. The average molecular weight is 353 g/mol. The van der Waals surface area contributed by atoms with Gasteiger partial charge in [-0.1, -0.05) is 37.3 Å². The number of rotatable bonds is 5. The summed E-state index contributed by atoms with van der Waals surface area (Å²) in [6, 6.07) is 12.6. The van der Waals surface area contributed by atoms with Crippen molar-refractivity contribution in [3.63, 3.8) is 0 Å². The maximum Gasteiger partial charge on any atom is 0.293 e. The Balaban J connectivity index is 2.01. The summed E-state index contributed by atoms with van der Waals surface area (Å²) >= 11 is 0. The number of hydrogen-bond donors (Lipinski definition) is 1. The zero-order valence-corrected chi connectivity index (χ0v) is 14.3. The Morgan fingerprint density at radius 3 is 2.62 bits per heavy atom. The van der Waals surface area contributed by atoms with Gasteiger partial charge in [-0.25, -0.2) is 0 Å². The fourth-order valence-electron chi connectivity index (χ4n) is 3.22. The fourth-order valence-corrected chi connectivity index (χ4v) is 3.22. The molecule has 3 rings (SSSR count). The van der Waals surface area contributed by atoms with Gasteiger partial charge in [0.2, 0.25) is 5.91 Å². The van der Waals surface area contributed by atoms with Crippen molar-refractivity contribution in [2.24, 2.45) is 0 Å². The summed E-state index contributed by atoms with van der Waals surface area (Å²) < 4.78 is 0. The number of carbonyl (C=O) groups excluding carboxylic acids is 2. The number of piperazine rings is 1. The quantitative estimate of drug-likeness (QED) is 0.507. The van der Waals surface area contributed by atoms with Crippen LogP contribution < -0.4 is 10.2 Å². The lowest BCUT2D eigenvalue weighted by Gasteiger charge is -2.35. The van der Waals surface area contributed by atoms with E-state index >= 15 is 0 Å². The minimum absolute atomic E-state index is 0.141. The third kappa shape index (κ3) is 3.28. The normalized spacial score (nSPS) is 16.9. The monoisotopic (exact) mass is 353 g/mol. The molecule has 1 amide bonds. The van der Waals surface area contributed by atoms with Gasteiger partial charge >= 0.3 is 0 Å². The number of nitrogens with zero attached hydrogens (tertiary/aromatic N) is 2. The summed E-state index contributed by atoms with van der Waals surface area (Å²) in [5, 5.41) is 14.4. The van der Waals surface area contributed by atoms with E-state index in [0.29, 0.717) is 30.8 Å². The van der Waals surface area contributed by atoms with Crippen molar-refractivity contribution in [3.8, 4) is 0 Å². The first kappa shape index (κ1) is 17.6. The zero-order chi connectivity index (χ0) is 18.7. The van der Waals surface area contributed by atoms with Crippen molar-refractivity contribution >= 4 is 23.1 Å². The summed E-state index contributed by atoms with van der Waals surface area (Å²) in [6.45, 7) is 2.77. The molecule has 1 atom stereocenters. The lowest BCUT2D eigenvalue weighted by Crippen LogP contribution is -2.55. The van der Waals surface area contributed by atoms with E-state index in [1.165, 1.54) is 6.07 Å². The van der Waals surface area contributed by atoms with Gasteiger partial charge in [0, 0.05) is 30.3 Å². The molecule has 26 heavy (non-hydrogen) atoms. The number of hydrogen-bond acceptors (Lipinski definition) is 5. The molecule has 1 saturated heterocycles. The van der Waals surface area contributed by atoms with Crippen LogP contribution in [0.2, 0.25) is 0 Å². The second-order valence-electron chi connectivity index (χ2n) is 6.06. The molecule has 2 aromatic rings. The molecule has 1 fully saturated rings. The van der Waals surface area contributed by atoms with Crippen LogP contribution in [0.25, 0.3) is 0 Å². The molecule has 7 heteroatoms. The molecule has 134 valence electrons. The Labute approximate surface area is 150 Å². The van der Waals surface area contributed by atoms with Gasteiger partial charge in [0.25, 0.3) is 5.69 Å². The Morgan fingerprint density at radius 1 is 1.23 bits per heavy atom. The topological polar surface area (TPSA) is 92.6 Å². The Bertz CT molecular complexity index is 851. The third-order valence-electron chi connectivity index (χ3n) is 4.50. The van der Waals surface area contributed by atoms with Crippen LogP contribution in [-0.4, -0.2) is 35.7 Å². The van der Waals surface area contributed by atoms with Crippen LogP contribution >= 0.6 is 0 Å². The number of carbonyl (C=O) groups is 2. The maximum atomic E-state index is 12.6. The first-order valence-corrected chi connectivity index (χ1v) is 8.45. The van der Waals surface area contributed by atoms with Crippen LogP contribution in [0.5, 0.6) is 0 Å². The summed E-state index contributed by atoms with van der Waals surface area (Å²) in [7, 11) is 0. The van der Waals surface area contributed by atoms with Crippen molar-refractivity contribution in [2.45, 2.75) is 19.4 Å². The van der Waals surface area contributed by atoms with Gasteiger partial charge in [-0.15, -0.1) is 0 Å². The van der Waals surface area contributed by atoms with E-state index in [4.69, 9.17) is 0 Å². The molecule has 2 aromatic carbocycles. The molecule has 1 N–H and O–H groups in total. The van der Waals surface area contributed by atoms with Crippen LogP contribution in [0.3, 0.4) is 0 Å². The van der Waals surface area contributed by atoms with Gasteiger partial charge in [-0.3, -0.25) is 19.7 Å².